The largest absolute Gasteiger partial charge is 0.416 e. The predicted molar refractivity (Wildman–Crippen MR) is 88.6 cm³/mol. The minimum absolute atomic E-state index is 0.0292. The number of aromatic nitrogens is 3. The topological polar surface area (TPSA) is 76.9 Å². The molecular weight excluding hydrogens is 349 g/mol. The predicted octanol–water partition coefficient (Wildman–Crippen LogP) is 3.01. The van der Waals surface area contributed by atoms with Gasteiger partial charge in [0.25, 0.3) is 5.56 Å². The molecule has 1 heterocycles. The quantitative estimate of drug-likeness (QED) is 0.777. The molecular formula is C17H13F3N4O2. The van der Waals surface area contributed by atoms with E-state index in [9.17, 15) is 22.8 Å². The molecule has 0 saturated carbocycles. The molecule has 2 aromatic carbocycles. The number of nitrogens with one attached hydrogen (secondary N) is 1. The van der Waals surface area contributed by atoms with E-state index >= 15 is 0 Å². The van der Waals surface area contributed by atoms with Gasteiger partial charge in [-0.1, -0.05) is 23.4 Å². The highest BCUT2D eigenvalue weighted by atomic mass is 19.4. The Kier molecular flexibility index (Phi) is 4.45. The number of carbonyl (C=O) groups is 1. The monoisotopic (exact) mass is 362 g/mol. The minimum Gasteiger partial charge on any atom is -0.324 e. The van der Waals surface area contributed by atoms with Crippen LogP contribution in [0.15, 0.2) is 53.3 Å². The molecule has 3 aromatic rings. The number of benzene rings is 2. The van der Waals surface area contributed by atoms with E-state index in [0.29, 0.717) is 10.9 Å². The average Bonchev–Trinajstić information content (AvgIpc) is 2.61. The SMILES string of the molecule is CC(C(=O)Nc1cccc(C(F)(F)F)c1)n1nnc2ccccc2c1=O. The van der Waals surface area contributed by atoms with E-state index in [4.69, 9.17) is 0 Å². The van der Waals surface area contributed by atoms with Crippen LogP contribution >= 0.6 is 0 Å². The van der Waals surface area contributed by atoms with Gasteiger partial charge in [-0.25, -0.2) is 0 Å². The van der Waals surface area contributed by atoms with Crippen LogP contribution in [0.25, 0.3) is 10.9 Å². The van der Waals surface area contributed by atoms with E-state index in [2.05, 4.69) is 15.6 Å². The third-order valence-electron chi connectivity index (χ3n) is 3.80. The Morgan fingerprint density at radius 1 is 1.15 bits per heavy atom. The Morgan fingerprint density at radius 2 is 1.88 bits per heavy atom. The van der Waals surface area contributed by atoms with Crippen LogP contribution in [-0.2, 0) is 11.0 Å². The first-order valence-electron chi connectivity index (χ1n) is 7.60. The lowest BCUT2D eigenvalue weighted by atomic mass is 10.2. The van der Waals surface area contributed by atoms with Crippen LogP contribution in [0, 0.1) is 0 Å². The van der Waals surface area contributed by atoms with Gasteiger partial charge >= 0.3 is 6.18 Å². The van der Waals surface area contributed by atoms with Gasteiger partial charge < -0.3 is 5.32 Å². The number of amides is 1. The highest BCUT2D eigenvalue weighted by Crippen LogP contribution is 2.30. The van der Waals surface area contributed by atoms with Crippen LogP contribution in [0.5, 0.6) is 0 Å². The summed E-state index contributed by atoms with van der Waals surface area (Å²) in [6.07, 6.45) is -4.52. The Labute approximate surface area is 145 Å². The fraction of sp³-hybridized carbons (Fsp3) is 0.176. The van der Waals surface area contributed by atoms with E-state index in [1.54, 1.807) is 24.3 Å². The number of fused-ring (bicyclic) bond motifs is 1. The van der Waals surface area contributed by atoms with E-state index in [0.717, 1.165) is 16.8 Å². The van der Waals surface area contributed by atoms with Crippen LogP contribution in [0.1, 0.15) is 18.5 Å². The zero-order valence-electron chi connectivity index (χ0n) is 13.5. The van der Waals surface area contributed by atoms with Crippen LogP contribution in [0.3, 0.4) is 0 Å². The first-order chi connectivity index (χ1) is 12.3. The van der Waals surface area contributed by atoms with Crippen LogP contribution in [-0.4, -0.2) is 20.9 Å². The van der Waals surface area contributed by atoms with Gasteiger partial charge in [-0.3, -0.25) is 9.59 Å². The second-order valence-corrected chi connectivity index (χ2v) is 5.60. The number of halogens is 3. The molecule has 1 aromatic heterocycles. The second-order valence-electron chi connectivity index (χ2n) is 5.60. The normalized spacial score (nSPS) is 12.8. The van der Waals surface area contributed by atoms with Gasteiger partial charge in [0.15, 0.2) is 0 Å². The molecule has 3 rings (SSSR count). The maximum Gasteiger partial charge on any atom is 0.416 e. The summed E-state index contributed by atoms with van der Waals surface area (Å²) in [6.45, 7) is 1.41. The van der Waals surface area contributed by atoms with Crippen molar-refractivity contribution in [1.82, 2.24) is 15.0 Å². The lowest BCUT2D eigenvalue weighted by molar-refractivity contribution is -0.137. The lowest BCUT2D eigenvalue weighted by Crippen LogP contribution is -2.34. The molecule has 0 spiro atoms. The molecule has 0 bridgehead atoms. The zero-order valence-corrected chi connectivity index (χ0v) is 13.5. The first-order valence-corrected chi connectivity index (χ1v) is 7.60. The fourth-order valence-electron chi connectivity index (χ4n) is 2.39. The molecule has 9 heteroatoms. The molecule has 6 nitrogen and oxygen atoms in total. The van der Waals surface area contributed by atoms with Crippen molar-refractivity contribution < 1.29 is 18.0 Å². The summed E-state index contributed by atoms with van der Waals surface area (Å²) in [7, 11) is 0. The summed E-state index contributed by atoms with van der Waals surface area (Å²) in [5, 5.41) is 10.3. The number of hydrogen-bond donors (Lipinski definition) is 1. The number of hydrogen-bond acceptors (Lipinski definition) is 4. The summed E-state index contributed by atoms with van der Waals surface area (Å²) >= 11 is 0. The third-order valence-corrected chi connectivity index (χ3v) is 3.80. The van der Waals surface area contributed by atoms with E-state index in [1.165, 1.54) is 19.1 Å². The van der Waals surface area contributed by atoms with E-state index in [1.807, 2.05) is 0 Å². The summed E-state index contributed by atoms with van der Waals surface area (Å²) in [6, 6.07) is 9.70. The standard InChI is InChI=1S/C17H13F3N4O2/c1-10(24-16(26)13-7-2-3-8-14(13)22-23-24)15(25)21-12-6-4-5-11(9-12)17(18,19)20/h2-10H,1H3,(H,21,25). The number of nitrogens with zero attached hydrogens (tertiary/aromatic N) is 3. The maximum atomic E-state index is 12.8. The van der Waals surface area contributed by atoms with Gasteiger partial charge in [-0.05, 0) is 37.3 Å². The fourth-order valence-corrected chi connectivity index (χ4v) is 2.39. The molecule has 0 aliphatic carbocycles. The van der Waals surface area contributed by atoms with Crippen LogP contribution in [0.2, 0.25) is 0 Å². The van der Waals surface area contributed by atoms with Crippen molar-refractivity contribution in [1.29, 1.82) is 0 Å². The van der Waals surface area contributed by atoms with Crippen molar-refractivity contribution in [2.24, 2.45) is 0 Å². The average molecular weight is 362 g/mol. The van der Waals surface area contributed by atoms with Crippen molar-refractivity contribution in [3.63, 3.8) is 0 Å². The molecule has 0 aliphatic heterocycles. The zero-order chi connectivity index (χ0) is 18.9. The van der Waals surface area contributed by atoms with Crippen molar-refractivity contribution >= 4 is 22.5 Å². The van der Waals surface area contributed by atoms with Crippen LogP contribution < -0.4 is 10.9 Å². The Bertz CT molecular complexity index is 1030. The Balaban J connectivity index is 1.87. The van der Waals surface area contributed by atoms with Gasteiger partial charge in [0.05, 0.1) is 10.9 Å². The number of anilines is 1. The summed E-state index contributed by atoms with van der Waals surface area (Å²) in [5.74, 6) is -0.684. The molecule has 1 N–H and O–H groups in total. The molecule has 134 valence electrons. The number of carbonyl (C=O) groups excluding carboxylic acids is 1. The van der Waals surface area contributed by atoms with Gasteiger partial charge in [0.2, 0.25) is 5.91 Å². The maximum absolute atomic E-state index is 12.8. The highest BCUT2D eigenvalue weighted by molar-refractivity contribution is 5.93. The van der Waals surface area contributed by atoms with Gasteiger partial charge in [-0.2, -0.15) is 17.9 Å². The van der Waals surface area contributed by atoms with Crippen molar-refractivity contribution in [2.75, 3.05) is 5.32 Å². The molecule has 0 radical (unpaired) electrons. The van der Waals surface area contributed by atoms with E-state index in [-0.39, 0.29) is 5.69 Å². The number of rotatable bonds is 3. The summed E-state index contributed by atoms with van der Waals surface area (Å²) < 4.78 is 39.2. The second kappa shape index (κ2) is 6.58. The summed E-state index contributed by atoms with van der Waals surface area (Å²) in [5.41, 5.74) is -1.04. The Hall–Kier alpha value is -3.23. The highest BCUT2D eigenvalue weighted by Gasteiger charge is 2.30. The molecule has 0 aliphatic rings. The van der Waals surface area contributed by atoms with Gasteiger partial charge in [-0.15, -0.1) is 5.10 Å². The first kappa shape index (κ1) is 17.6. The molecule has 0 fully saturated rings. The third kappa shape index (κ3) is 3.41. The van der Waals surface area contributed by atoms with Crippen molar-refractivity contribution in [3.05, 3.63) is 64.4 Å². The molecule has 1 amide bonds. The molecule has 1 atom stereocenters. The minimum atomic E-state index is -4.52. The van der Waals surface area contributed by atoms with Crippen molar-refractivity contribution in [3.8, 4) is 0 Å². The molecule has 0 saturated heterocycles. The summed E-state index contributed by atoms with van der Waals surface area (Å²) in [4.78, 5) is 24.8. The van der Waals surface area contributed by atoms with Crippen molar-refractivity contribution in [2.45, 2.75) is 19.1 Å². The van der Waals surface area contributed by atoms with Gasteiger partial charge in [0.1, 0.15) is 11.6 Å². The smallest absolute Gasteiger partial charge is 0.324 e. The number of alkyl halides is 3. The molecule has 1 unspecified atom stereocenters. The Morgan fingerprint density at radius 3 is 2.62 bits per heavy atom. The van der Waals surface area contributed by atoms with Gasteiger partial charge in [0, 0.05) is 5.69 Å². The lowest BCUT2D eigenvalue weighted by Gasteiger charge is -2.14. The molecule has 26 heavy (non-hydrogen) atoms. The van der Waals surface area contributed by atoms with Crippen LogP contribution in [0.4, 0.5) is 18.9 Å². The van der Waals surface area contributed by atoms with E-state index < -0.39 is 29.2 Å².